The summed E-state index contributed by atoms with van der Waals surface area (Å²) in [7, 11) is -3.41. The Morgan fingerprint density at radius 3 is 2.67 bits per heavy atom. The molecule has 5 nitrogen and oxygen atoms in total. The van der Waals surface area contributed by atoms with Gasteiger partial charge in [-0.3, -0.25) is 4.90 Å². The van der Waals surface area contributed by atoms with Crippen molar-refractivity contribution >= 4 is 10.0 Å². The molecule has 1 aromatic carbocycles. The average Bonchev–Trinajstić information content (AvgIpc) is 3.22. The lowest BCUT2D eigenvalue weighted by Crippen LogP contribution is -2.44. The van der Waals surface area contributed by atoms with Crippen molar-refractivity contribution in [3.63, 3.8) is 0 Å². The number of rotatable bonds is 4. The number of furan rings is 1. The molecule has 0 radical (unpaired) electrons. The molecule has 2 fully saturated rings. The minimum absolute atomic E-state index is 0.0663. The van der Waals surface area contributed by atoms with Crippen LogP contribution in [-0.2, 0) is 16.6 Å². The molecular formula is C21H28N2O3S. The fourth-order valence-electron chi connectivity index (χ4n) is 4.59. The van der Waals surface area contributed by atoms with E-state index in [0.29, 0.717) is 18.0 Å². The molecule has 2 aliphatic rings. The van der Waals surface area contributed by atoms with Crippen LogP contribution in [0.4, 0.5) is 0 Å². The highest BCUT2D eigenvalue weighted by atomic mass is 32.2. The molecule has 0 bridgehead atoms. The van der Waals surface area contributed by atoms with Crippen molar-refractivity contribution in [2.45, 2.75) is 44.6 Å². The summed E-state index contributed by atoms with van der Waals surface area (Å²) in [6.07, 6.45) is 3.14. The maximum absolute atomic E-state index is 13.1. The van der Waals surface area contributed by atoms with Gasteiger partial charge >= 0.3 is 0 Å². The van der Waals surface area contributed by atoms with E-state index in [0.717, 1.165) is 56.0 Å². The third kappa shape index (κ3) is 3.84. The van der Waals surface area contributed by atoms with E-state index < -0.39 is 10.0 Å². The Kier molecular flexibility index (Phi) is 4.91. The zero-order valence-corrected chi connectivity index (χ0v) is 17.0. The second-order valence-electron chi connectivity index (χ2n) is 8.23. The fourth-order valence-corrected chi connectivity index (χ4v) is 6.25. The van der Waals surface area contributed by atoms with Crippen molar-refractivity contribution in [2.24, 2.45) is 5.41 Å². The summed E-state index contributed by atoms with van der Waals surface area (Å²) in [6, 6.07) is 11.3. The molecule has 1 atom stereocenters. The minimum atomic E-state index is -3.41. The minimum Gasteiger partial charge on any atom is -0.465 e. The van der Waals surface area contributed by atoms with E-state index in [2.05, 4.69) is 4.90 Å². The summed E-state index contributed by atoms with van der Waals surface area (Å²) in [4.78, 5) is 2.84. The molecule has 3 heterocycles. The lowest BCUT2D eigenvalue weighted by Gasteiger charge is -2.40. The highest BCUT2D eigenvalue weighted by Gasteiger charge is 2.45. The van der Waals surface area contributed by atoms with Crippen LogP contribution in [0, 0.1) is 19.3 Å². The Balaban J connectivity index is 1.47. The molecule has 1 spiro atoms. The summed E-state index contributed by atoms with van der Waals surface area (Å²) in [5.41, 5.74) is 1.04. The number of nitrogens with zero attached hydrogens (tertiary/aromatic N) is 2. The molecule has 2 aromatic rings. The maximum Gasteiger partial charge on any atom is 0.243 e. The van der Waals surface area contributed by atoms with E-state index in [1.54, 1.807) is 16.4 Å². The van der Waals surface area contributed by atoms with Crippen molar-refractivity contribution in [3.8, 4) is 0 Å². The van der Waals surface area contributed by atoms with Crippen LogP contribution in [0.1, 0.15) is 36.3 Å². The monoisotopic (exact) mass is 388 g/mol. The highest BCUT2D eigenvalue weighted by Crippen LogP contribution is 2.41. The van der Waals surface area contributed by atoms with Gasteiger partial charge in [0.1, 0.15) is 11.5 Å². The fraction of sp³-hybridized carbons (Fsp3) is 0.524. The molecule has 2 saturated heterocycles. The molecule has 6 heteroatoms. The van der Waals surface area contributed by atoms with Gasteiger partial charge in [0.15, 0.2) is 0 Å². The number of sulfonamides is 1. The Bertz CT molecular complexity index is 921. The first kappa shape index (κ1) is 18.7. The third-order valence-corrected chi connectivity index (χ3v) is 7.79. The van der Waals surface area contributed by atoms with Crippen molar-refractivity contribution in [2.75, 3.05) is 26.2 Å². The molecule has 0 aliphatic carbocycles. The van der Waals surface area contributed by atoms with E-state index in [-0.39, 0.29) is 5.41 Å². The highest BCUT2D eigenvalue weighted by molar-refractivity contribution is 7.89. The number of benzene rings is 1. The van der Waals surface area contributed by atoms with Gasteiger partial charge < -0.3 is 4.42 Å². The molecular weight excluding hydrogens is 360 g/mol. The van der Waals surface area contributed by atoms with Crippen molar-refractivity contribution in [1.29, 1.82) is 0 Å². The maximum atomic E-state index is 13.1. The van der Waals surface area contributed by atoms with Crippen LogP contribution in [0.3, 0.4) is 0 Å². The van der Waals surface area contributed by atoms with Gasteiger partial charge in [-0.2, -0.15) is 4.31 Å². The third-order valence-electron chi connectivity index (χ3n) is 5.95. The van der Waals surface area contributed by atoms with Crippen molar-refractivity contribution < 1.29 is 12.8 Å². The molecule has 27 heavy (non-hydrogen) atoms. The number of hydrogen-bond acceptors (Lipinski definition) is 4. The molecule has 0 saturated carbocycles. The largest absolute Gasteiger partial charge is 0.465 e. The molecule has 0 N–H and O–H groups in total. The van der Waals surface area contributed by atoms with Gasteiger partial charge in [0.2, 0.25) is 10.0 Å². The van der Waals surface area contributed by atoms with E-state index in [4.69, 9.17) is 4.42 Å². The summed E-state index contributed by atoms with van der Waals surface area (Å²) < 4.78 is 33.6. The summed E-state index contributed by atoms with van der Waals surface area (Å²) >= 11 is 0. The topological polar surface area (TPSA) is 53.8 Å². The predicted molar refractivity (Wildman–Crippen MR) is 105 cm³/mol. The van der Waals surface area contributed by atoms with Gasteiger partial charge in [-0.15, -0.1) is 0 Å². The number of likely N-dealkylation sites (tertiary alicyclic amines) is 1. The molecule has 4 rings (SSSR count). The standard InChI is InChI=1S/C21H28N2O3S/c1-17-5-3-6-20(13-17)27(24,25)23-12-10-21(16-23)9-4-11-22(15-21)14-19-8-7-18(2)26-19/h3,5-8,13H,4,9-12,14-16H2,1-2H3. The average molecular weight is 389 g/mol. The Morgan fingerprint density at radius 2 is 1.93 bits per heavy atom. The van der Waals surface area contributed by atoms with Gasteiger partial charge in [0.25, 0.3) is 0 Å². The molecule has 146 valence electrons. The quantitative estimate of drug-likeness (QED) is 0.803. The van der Waals surface area contributed by atoms with Crippen LogP contribution in [0.5, 0.6) is 0 Å². The Morgan fingerprint density at radius 1 is 1.07 bits per heavy atom. The van der Waals surface area contributed by atoms with Crippen LogP contribution < -0.4 is 0 Å². The van der Waals surface area contributed by atoms with Gasteiger partial charge in [-0.1, -0.05) is 12.1 Å². The van der Waals surface area contributed by atoms with Crippen LogP contribution in [0.2, 0.25) is 0 Å². The van der Waals surface area contributed by atoms with E-state index >= 15 is 0 Å². The van der Waals surface area contributed by atoms with Crippen LogP contribution in [0.25, 0.3) is 0 Å². The molecule has 2 aliphatic heterocycles. The SMILES string of the molecule is Cc1cccc(S(=O)(=O)N2CCC3(CCCN(Cc4ccc(C)o4)C3)C2)c1. The van der Waals surface area contributed by atoms with Crippen LogP contribution in [0.15, 0.2) is 45.7 Å². The van der Waals surface area contributed by atoms with Crippen LogP contribution >= 0.6 is 0 Å². The molecule has 0 amide bonds. The Labute approximate surface area is 162 Å². The number of hydrogen-bond donors (Lipinski definition) is 0. The first-order chi connectivity index (χ1) is 12.9. The van der Waals surface area contributed by atoms with Gasteiger partial charge in [0, 0.05) is 19.6 Å². The van der Waals surface area contributed by atoms with Gasteiger partial charge in [0.05, 0.1) is 11.4 Å². The molecule has 1 aromatic heterocycles. The van der Waals surface area contributed by atoms with E-state index in [1.165, 1.54) is 0 Å². The predicted octanol–water partition coefficient (Wildman–Crippen LogP) is 3.57. The van der Waals surface area contributed by atoms with Crippen LogP contribution in [-0.4, -0.2) is 43.8 Å². The van der Waals surface area contributed by atoms with E-state index in [1.807, 2.05) is 38.1 Å². The van der Waals surface area contributed by atoms with Gasteiger partial charge in [-0.05, 0) is 74.9 Å². The summed E-state index contributed by atoms with van der Waals surface area (Å²) in [6.45, 7) is 7.92. The number of piperidine rings is 1. The van der Waals surface area contributed by atoms with Gasteiger partial charge in [-0.25, -0.2) is 8.42 Å². The first-order valence-electron chi connectivity index (χ1n) is 9.71. The summed E-state index contributed by atoms with van der Waals surface area (Å²) in [5.74, 6) is 1.93. The zero-order chi connectivity index (χ0) is 19.1. The van der Waals surface area contributed by atoms with E-state index in [9.17, 15) is 8.42 Å². The smallest absolute Gasteiger partial charge is 0.243 e. The lowest BCUT2D eigenvalue weighted by atomic mass is 9.79. The lowest BCUT2D eigenvalue weighted by molar-refractivity contribution is 0.0877. The molecule has 1 unspecified atom stereocenters. The second-order valence-corrected chi connectivity index (χ2v) is 10.2. The Hall–Kier alpha value is -1.63. The number of aryl methyl sites for hydroxylation is 2. The summed E-state index contributed by atoms with van der Waals surface area (Å²) in [5, 5.41) is 0. The second kappa shape index (κ2) is 7.08. The first-order valence-corrected chi connectivity index (χ1v) is 11.1. The van der Waals surface area contributed by atoms with Crippen molar-refractivity contribution in [3.05, 3.63) is 53.5 Å². The van der Waals surface area contributed by atoms with Crippen molar-refractivity contribution in [1.82, 2.24) is 9.21 Å². The normalized spacial score (nSPS) is 24.7. The zero-order valence-electron chi connectivity index (χ0n) is 16.1.